The van der Waals surface area contributed by atoms with Crippen molar-refractivity contribution >= 4 is 29.2 Å². The van der Waals surface area contributed by atoms with Gasteiger partial charge in [0.05, 0.1) is 30.0 Å². The molecule has 0 fully saturated rings. The second-order valence-corrected chi connectivity index (χ2v) is 8.28. The molecule has 0 saturated carbocycles. The topological polar surface area (TPSA) is 88.5 Å². The van der Waals surface area contributed by atoms with Crippen molar-refractivity contribution in [3.05, 3.63) is 58.1 Å². The molecule has 0 aliphatic carbocycles. The summed E-state index contributed by atoms with van der Waals surface area (Å²) in [5, 5.41) is 12.1. The van der Waals surface area contributed by atoms with Crippen LogP contribution in [0, 0.1) is 0 Å². The molecule has 1 aliphatic rings. The summed E-state index contributed by atoms with van der Waals surface area (Å²) >= 11 is 6.62. The monoisotopic (exact) mass is 490 g/mol. The Morgan fingerprint density at radius 1 is 1.15 bits per heavy atom. The Balaban J connectivity index is 2.15. The summed E-state index contributed by atoms with van der Waals surface area (Å²) in [4.78, 5) is 29.8. The number of esters is 1. The Labute approximate surface area is 205 Å². The Morgan fingerprint density at radius 3 is 2.50 bits per heavy atom. The number of aliphatic hydroxyl groups is 1. The van der Waals surface area contributed by atoms with E-state index in [0.717, 1.165) is 13.1 Å². The van der Waals surface area contributed by atoms with Gasteiger partial charge in [0.15, 0.2) is 0 Å². The zero-order valence-corrected chi connectivity index (χ0v) is 20.7. The highest BCUT2D eigenvalue weighted by Crippen LogP contribution is 2.50. The van der Waals surface area contributed by atoms with Crippen LogP contribution in [0.2, 0.25) is 5.02 Å². The molecular weight excluding hydrogens is 460 g/mol. The number of nitrogens with zero attached hydrogens (tertiary/aromatic N) is 2. The van der Waals surface area contributed by atoms with Crippen LogP contribution in [0.5, 0.6) is 5.75 Å². The molecule has 1 atom stereocenters. The number of benzene rings is 2. The summed E-state index contributed by atoms with van der Waals surface area (Å²) in [5.41, 5.74) is -1.03. The van der Waals surface area contributed by atoms with Gasteiger partial charge < -0.3 is 29.1 Å². The normalized spacial score (nSPS) is 17.3. The van der Waals surface area contributed by atoms with Crippen LogP contribution in [0.1, 0.15) is 35.3 Å². The Kier molecular flexibility index (Phi) is 8.54. The predicted molar refractivity (Wildman–Crippen MR) is 130 cm³/mol. The Hall–Kier alpha value is -2.65. The van der Waals surface area contributed by atoms with Crippen LogP contribution in [-0.2, 0) is 19.9 Å². The molecule has 34 heavy (non-hydrogen) atoms. The molecule has 0 saturated heterocycles. The summed E-state index contributed by atoms with van der Waals surface area (Å²) in [5.74, 6) is -0.791. The standard InChI is InChI=1S/C25H31ClN2O6/c1-5-27(6-2)11-12-28-20-16-17(23(29)33-4)15-19(26)22(20)25(31,24(28)30)18-9-7-8-10-21(18)34-14-13-32-3/h7-10,15-16,31H,5-6,11-14H2,1-4H3. The number of likely N-dealkylation sites (N-methyl/N-ethyl adjacent to an activating group) is 1. The predicted octanol–water partition coefficient (Wildman–Crippen LogP) is 3.08. The maximum Gasteiger partial charge on any atom is 0.337 e. The first-order chi connectivity index (χ1) is 16.3. The lowest BCUT2D eigenvalue weighted by atomic mass is 9.86. The Morgan fingerprint density at radius 2 is 1.85 bits per heavy atom. The van der Waals surface area contributed by atoms with Gasteiger partial charge in [-0.2, -0.15) is 0 Å². The van der Waals surface area contributed by atoms with E-state index < -0.39 is 17.5 Å². The van der Waals surface area contributed by atoms with E-state index in [1.165, 1.54) is 18.1 Å². The molecule has 3 rings (SSSR count). The molecule has 0 radical (unpaired) electrons. The van der Waals surface area contributed by atoms with Gasteiger partial charge in [-0.05, 0) is 31.3 Å². The van der Waals surface area contributed by atoms with Crippen molar-refractivity contribution in [3.63, 3.8) is 0 Å². The minimum atomic E-state index is -2.09. The molecule has 0 aromatic heterocycles. The molecule has 1 amide bonds. The van der Waals surface area contributed by atoms with Crippen LogP contribution in [-0.4, -0.2) is 75.5 Å². The van der Waals surface area contributed by atoms with Crippen LogP contribution in [0.15, 0.2) is 36.4 Å². The quantitative estimate of drug-likeness (QED) is 0.382. The average Bonchev–Trinajstić information content (AvgIpc) is 3.07. The number of methoxy groups -OCH3 is 2. The number of rotatable bonds is 11. The number of fused-ring (bicyclic) bond motifs is 1. The smallest absolute Gasteiger partial charge is 0.337 e. The third-order valence-electron chi connectivity index (χ3n) is 6.05. The lowest BCUT2D eigenvalue weighted by molar-refractivity contribution is -0.132. The lowest BCUT2D eigenvalue weighted by Crippen LogP contribution is -2.44. The van der Waals surface area contributed by atoms with Crippen molar-refractivity contribution in [3.8, 4) is 5.75 Å². The van der Waals surface area contributed by atoms with E-state index in [4.69, 9.17) is 25.8 Å². The molecule has 9 heteroatoms. The largest absolute Gasteiger partial charge is 0.491 e. The fourth-order valence-corrected chi connectivity index (χ4v) is 4.54. The van der Waals surface area contributed by atoms with Crippen molar-refractivity contribution in [1.82, 2.24) is 4.90 Å². The van der Waals surface area contributed by atoms with Gasteiger partial charge in [-0.25, -0.2) is 4.79 Å². The first kappa shape index (κ1) is 26.0. The first-order valence-corrected chi connectivity index (χ1v) is 11.6. The van der Waals surface area contributed by atoms with E-state index in [1.807, 2.05) is 13.8 Å². The number of hydrogen-bond acceptors (Lipinski definition) is 7. The van der Waals surface area contributed by atoms with Crippen LogP contribution in [0.4, 0.5) is 5.69 Å². The van der Waals surface area contributed by atoms with Crippen molar-refractivity contribution in [2.24, 2.45) is 0 Å². The summed E-state index contributed by atoms with van der Waals surface area (Å²) < 4.78 is 15.7. The summed E-state index contributed by atoms with van der Waals surface area (Å²) in [6.45, 7) is 7.19. The average molecular weight is 491 g/mol. The number of carbonyl (C=O) groups is 2. The summed E-state index contributed by atoms with van der Waals surface area (Å²) in [6.07, 6.45) is 0. The molecule has 1 heterocycles. The molecule has 1 aliphatic heterocycles. The first-order valence-electron chi connectivity index (χ1n) is 11.2. The van der Waals surface area contributed by atoms with Crippen LogP contribution in [0.25, 0.3) is 0 Å². The van der Waals surface area contributed by atoms with Crippen molar-refractivity contribution in [2.75, 3.05) is 58.5 Å². The molecule has 1 unspecified atom stereocenters. The molecule has 0 spiro atoms. The van der Waals surface area contributed by atoms with Crippen LogP contribution >= 0.6 is 11.6 Å². The lowest BCUT2D eigenvalue weighted by Gasteiger charge is -2.27. The van der Waals surface area contributed by atoms with E-state index >= 15 is 0 Å². The van der Waals surface area contributed by atoms with Crippen molar-refractivity contribution < 1.29 is 28.9 Å². The highest BCUT2D eigenvalue weighted by molar-refractivity contribution is 6.33. The molecule has 184 valence electrons. The third-order valence-corrected chi connectivity index (χ3v) is 6.35. The van der Waals surface area contributed by atoms with Gasteiger partial charge in [-0.15, -0.1) is 0 Å². The maximum atomic E-state index is 13.9. The minimum absolute atomic E-state index is 0.0887. The fourth-order valence-electron chi connectivity index (χ4n) is 4.19. The van der Waals surface area contributed by atoms with Gasteiger partial charge in [-0.1, -0.05) is 43.6 Å². The van der Waals surface area contributed by atoms with E-state index in [1.54, 1.807) is 37.4 Å². The van der Waals surface area contributed by atoms with Gasteiger partial charge in [0, 0.05) is 31.3 Å². The minimum Gasteiger partial charge on any atom is -0.491 e. The van der Waals surface area contributed by atoms with Gasteiger partial charge in [0.2, 0.25) is 5.60 Å². The zero-order valence-electron chi connectivity index (χ0n) is 20.0. The maximum absolute atomic E-state index is 13.9. The number of hydrogen-bond donors (Lipinski definition) is 1. The molecule has 1 N–H and O–H groups in total. The molecule has 2 aromatic carbocycles. The number of para-hydroxylation sites is 1. The van der Waals surface area contributed by atoms with Crippen LogP contribution in [0.3, 0.4) is 0 Å². The van der Waals surface area contributed by atoms with Gasteiger partial charge in [0.1, 0.15) is 12.4 Å². The summed E-state index contributed by atoms with van der Waals surface area (Å²) in [7, 11) is 2.84. The number of carbonyl (C=O) groups excluding carboxylic acids is 2. The molecule has 0 bridgehead atoms. The zero-order chi connectivity index (χ0) is 24.9. The molecular formula is C25H31ClN2O6. The van der Waals surface area contributed by atoms with Gasteiger partial charge >= 0.3 is 5.97 Å². The number of ether oxygens (including phenoxy) is 3. The summed E-state index contributed by atoms with van der Waals surface area (Å²) in [6, 6.07) is 9.76. The Bertz CT molecular complexity index is 1040. The highest BCUT2D eigenvalue weighted by atomic mass is 35.5. The number of halogens is 1. The fraction of sp³-hybridized carbons (Fsp3) is 0.440. The number of amides is 1. The van der Waals surface area contributed by atoms with E-state index in [2.05, 4.69) is 4.90 Å². The number of anilines is 1. The SMILES string of the molecule is CCN(CC)CCN1C(=O)C(O)(c2ccccc2OCCOC)c2c(Cl)cc(C(=O)OC)cc21. The van der Waals surface area contributed by atoms with Crippen molar-refractivity contribution in [1.29, 1.82) is 0 Å². The second kappa shape index (κ2) is 11.2. The van der Waals surface area contributed by atoms with Crippen molar-refractivity contribution in [2.45, 2.75) is 19.4 Å². The molecule has 8 nitrogen and oxygen atoms in total. The van der Waals surface area contributed by atoms with E-state index in [9.17, 15) is 14.7 Å². The third kappa shape index (κ3) is 4.77. The van der Waals surface area contributed by atoms with E-state index in [-0.39, 0.29) is 28.3 Å². The molecule has 2 aromatic rings. The van der Waals surface area contributed by atoms with E-state index in [0.29, 0.717) is 31.1 Å². The highest BCUT2D eigenvalue weighted by Gasteiger charge is 2.54. The van der Waals surface area contributed by atoms with Gasteiger partial charge in [0.25, 0.3) is 5.91 Å². The second-order valence-electron chi connectivity index (χ2n) is 7.88. The van der Waals surface area contributed by atoms with Gasteiger partial charge in [-0.3, -0.25) is 4.79 Å². The van der Waals surface area contributed by atoms with Crippen LogP contribution < -0.4 is 9.64 Å².